The molecule has 0 saturated carbocycles. The molecule has 25 nitrogen and oxygen atoms in total. The van der Waals surface area contributed by atoms with Crippen LogP contribution in [0.4, 0.5) is 61.7 Å². The molecule has 424 valence electrons. The van der Waals surface area contributed by atoms with Crippen molar-refractivity contribution in [2.24, 2.45) is 40.9 Å². The largest absolute Gasteiger partial charge is 0.494 e. The fourth-order valence-electron chi connectivity index (χ4n) is 8.24. The molecule has 0 aromatic heterocycles. The second kappa shape index (κ2) is 23.0. The SMILES string of the molecule is COc1cc(N=Nc2ccc3cc(S(=O)(=O)O)cc(S(=O)(=O)O)c3c2)c(C)cc1N=Nc1cc(C)c(NC(=O)Nc2cc(C)c(N=Nc3cc(C)c(/N=N/c4ccc5cc(S(=O)(=O)O)cc(S(=O)(=O)O)c5c4)cc3OC)cc2C)cc1C. The van der Waals surface area contributed by atoms with Gasteiger partial charge >= 0.3 is 6.03 Å². The van der Waals surface area contributed by atoms with Crippen molar-refractivity contribution in [2.45, 2.75) is 61.1 Å². The van der Waals surface area contributed by atoms with Gasteiger partial charge in [0.25, 0.3) is 40.5 Å². The molecule has 0 aliphatic heterocycles. The second-order valence-electron chi connectivity index (χ2n) is 18.5. The number of rotatable bonds is 16. The Kier molecular flexibility index (Phi) is 16.6. The van der Waals surface area contributed by atoms with E-state index in [9.17, 15) is 56.7 Å². The number of methoxy groups -OCH3 is 2. The fourth-order valence-corrected chi connectivity index (χ4v) is 10.9. The second-order valence-corrected chi connectivity index (χ2v) is 24.1. The molecule has 0 saturated heterocycles. The molecule has 0 bridgehead atoms. The Morgan fingerprint density at radius 2 is 0.695 bits per heavy atom. The summed E-state index contributed by atoms with van der Waals surface area (Å²) in [6.07, 6.45) is 0. The summed E-state index contributed by atoms with van der Waals surface area (Å²) in [5, 5.41) is 40.7. The van der Waals surface area contributed by atoms with Gasteiger partial charge in [0.05, 0.1) is 58.1 Å². The van der Waals surface area contributed by atoms with Crippen LogP contribution in [0, 0.1) is 41.5 Å². The van der Waals surface area contributed by atoms with Crippen molar-refractivity contribution in [3.63, 3.8) is 0 Å². The standard InChI is InChI=1S/C53H48N10O15S4/c1-27-15-43(60-62-47-17-31(5)45(25-49(47)77-7)58-56-35-11-9-33-19-37(79(65,66)67)23-51(39(33)21-35)81(71,72)73)29(3)13-41(27)54-53(64)55-42-14-30(4)44(16-28(42)2)61-63-48-18-32(6)46(26-50(48)78-8)59-57-36-12-10-34-20-38(80(68,69)70)24-52(40(34)22-36)82(74,75)76/h9-26H,1-8H3,(H2,54,55,64)(H,65,66,67)(H,68,69,70)(H,71,72,73)(H,74,75,76)/b58-56+,59-57?,62-60?,63-61?. The Morgan fingerprint density at radius 3 is 1.04 bits per heavy atom. The first kappa shape index (κ1) is 59.3. The predicted octanol–water partition coefficient (Wildman–Crippen LogP) is 14.2. The summed E-state index contributed by atoms with van der Waals surface area (Å²) < 4.78 is 145. The summed E-state index contributed by atoms with van der Waals surface area (Å²) in [5.41, 5.74) is 7.72. The van der Waals surface area contributed by atoms with Gasteiger partial charge in [0.15, 0.2) is 0 Å². The molecule has 6 N–H and O–H groups in total. The molecule has 8 aromatic carbocycles. The minimum atomic E-state index is -4.92. The van der Waals surface area contributed by atoms with Crippen LogP contribution in [0.15, 0.2) is 170 Å². The van der Waals surface area contributed by atoms with Gasteiger partial charge in [0.2, 0.25) is 0 Å². The first-order valence-corrected chi connectivity index (χ1v) is 29.6. The number of hydrogen-bond acceptors (Lipinski definition) is 19. The summed E-state index contributed by atoms with van der Waals surface area (Å²) in [6, 6.07) is 24.6. The van der Waals surface area contributed by atoms with Gasteiger partial charge in [0.1, 0.15) is 32.7 Å². The number of azo groups is 4. The van der Waals surface area contributed by atoms with Gasteiger partial charge in [0, 0.05) is 34.3 Å². The number of carbonyl (C=O) groups is 1. The number of nitrogens with zero attached hydrogens (tertiary/aromatic N) is 8. The number of aryl methyl sites for hydroxylation is 6. The van der Waals surface area contributed by atoms with E-state index in [1.165, 1.54) is 50.6 Å². The van der Waals surface area contributed by atoms with E-state index in [-0.39, 0.29) is 32.9 Å². The van der Waals surface area contributed by atoms with E-state index in [4.69, 9.17) is 9.47 Å². The zero-order chi connectivity index (χ0) is 59.8. The third-order valence-corrected chi connectivity index (χ3v) is 16.0. The van der Waals surface area contributed by atoms with Crippen molar-refractivity contribution < 1.29 is 66.2 Å². The summed E-state index contributed by atoms with van der Waals surface area (Å²) >= 11 is 0. The van der Waals surface area contributed by atoms with Crippen LogP contribution < -0.4 is 20.1 Å². The smallest absolute Gasteiger partial charge is 0.323 e. The van der Waals surface area contributed by atoms with E-state index >= 15 is 0 Å². The van der Waals surface area contributed by atoms with Gasteiger partial charge in [-0.3, -0.25) is 18.2 Å². The molecule has 0 heterocycles. The third-order valence-electron chi connectivity index (χ3n) is 12.6. The number of hydrogen-bond donors (Lipinski definition) is 6. The average molecular weight is 1190 g/mol. The van der Waals surface area contributed by atoms with Crippen molar-refractivity contribution in [3.05, 3.63) is 143 Å². The van der Waals surface area contributed by atoms with Crippen molar-refractivity contribution in [1.29, 1.82) is 0 Å². The van der Waals surface area contributed by atoms with Gasteiger partial charge in [-0.2, -0.15) is 64.4 Å². The predicted molar refractivity (Wildman–Crippen MR) is 304 cm³/mol. The number of benzene rings is 8. The lowest BCUT2D eigenvalue weighted by molar-refractivity contribution is 0.262. The number of fused-ring (bicyclic) bond motifs is 2. The van der Waals surface area contributed by atoms with Crippen LogP contribution in [0.3, 0.4) is 0 Å². The maximum atomic E-state index is 13.4. The van der Waals surface area contributed by atoms with Crippen molar-refractivity contribution in [2.75, 3.05) is 24.9 Å². The Morgan fingerprint density at radius 1 is 0.378 bits per heavy atom. The Balaban J connectivity index is 0.926. The van der Waals surface area contributed by atoms with Gasteiger partial charge in [-0.05, 0) is 171 Å². The number of nitrogens with one attached hydrogen (secondary N) is 2. The molecule has 0 unspecified atom stereocenters. The van der Waals surface area contributed by atoms with Crippen LogP contribution in [0.5, 0.6) is 11.5 Å². The fraction of sp³-hybridized carbons (Fsp3) is 0.151. The molecule has 0 radical (unpaired) electrons. The van der Waals surface area contributed by atoms with E-state index in [0.29, 0.717) is 103 Å². The van der Waals surface area contributed by atoms with Crippen LogP contribution in [0.2, 0.25) is 0 Å². The highest BCUT2D eigenvalue weighted by atomic mass is 32.2. The maximum absolute atomic E-state index is 13.4. The molecular formula is C53H48N10O15S4. The van der Waals surface area contributed by atoms with E-state index in [2.05, 4.69) is 51.5 Å². The van der Waals surface area contributed by atoms with Crippen LogP contribution in [-0.2, 0) is 40.5 Å². The average Bonchev–Trinajstić information content (AvgIpc) is 3.59. The van der Waals surface area contributed by atoms with Gasteiger partial charge in [-0.15, -0.1) is 10.2 Å². The zero-order valence-corrected chi connectivity index (χ0v) is 47.6. The first-order valence-electron chi connectivity index (χ1n) is 23.8. The molecule has 0 aliphatic carbocycles. The monoisotopic (exact) mass is 1190 g/mol. The maximum Gasteiger partial charge on any atom is 0.323 e. The van der Waals surface area contributed by atoms with E-state index in [1.807, 2.05) is 0 Å². The van der Waals surface area contributed by atoms with Crippen LogP contribution in [0.1, 0.15) is 33.4 Å². The topological polar surface area (TPSA) is 376 Å². The Bertz CT molecular complexity index is 4300. The molecule has 8 rings (SSSR count). The highest BCUT2D eigenvalue weighted by molar-refractivity contribution is 7.87. The lowest BCUT2D eigenvalue weighted by Crippen LogP contribution is -2.20. The Hall–Kier alpha value is -8.81. The van der Waals surface area contributed by atoms with E-state index in [0.717, 1.165) is 12.1 Å². The minimum absolute atomic E-state index is 0.0603. The number of urea groups is 1. The molecule has 0 spiro atoms. The molecule has 0 atom stereocenters. The van der Waals surface area contributed by atoms with Gasteiger partial charge in [-0.25, -0.2) is 4.79 Å². The number of ether oxygens (including phenoxy) is 2. The van der Waals surface area contributed by atoms with Gasteiger partial charge < -0.3 is 20.1 Å². The lowest BCUT2D eigenvalue weighted by Gasteiger charge is -2.14. The summed E-state index contributed by atoms with van der Waals surface area (Å²) in [6.45, 7) is 10.7. The van der Waals surface area contributed by atoms with E-state index in [1.54, 1.807) is 90.1 Å². The summed E-state index contributed by atoms with van der Waals surface area (Å²) in [4.78, 5) is 10.5. The number of anilines is 2. The summed E-state index contributed by atoms with van der Waals surface area (Å²) in [7, 11) is -16.6. The minimum Gasteiger partial charge on any atom is -0.494 e. The molecule has 82 heavy (non-hydrogen) atoms. The highest BCUT2D eigenvalue weighted by Gasteiger charge is 2.23. The molecule has 0 fully saturated rings. The third kappa shape index (κ3) is 13.5. The molecule has 0 aliphatic rings. The normalized spacial score (nSPS) is 12.6. The van der Waals surface area contributed by atoms with E-state index < -0.39 is 66.1 Å². The highest BCUT2D eigenvalue weighted by Crippen LogP contribution is 2.41. The van der Waals surface area contributed by atoms with Crippen molar-refractivity contribution in [3.8, 4) is 11.5 Å². The summed E-state index contributed by atoms with van der Waals surface area (Å²) in [5.74, 6) is 0.582. The molecule has 29 heteroatoms. The quantitative estimate of drug-likeness (QED) is 0.0387. The van der Waals surface area contributed by atoms with Crippen molar-refractivity contribution >= 4 is 125 Å². The molecule has 8 aromatic rings. The van der Waals surface area contributed by atoms with Crippen molar-refractivity contribution in [1.82, 2.24) is 0 Å². The zero-order valence-electron chi connectivity index (χ0n) is 44.4. The molecule has 2 amide bonds. The first-order chi connectivity index (χ1) is 38.4. The van der Waals surface area contributed by atoms with Crippen LogP contribution in [-0.4, -0.2) is 72.1 Å². The number of amides is 2. The lowest BCUT2D eigenvalue weighted by atomic mass is 10.1. The Labute approximate surface area is 469 Å². The van der Waals surface area contributed by atoms with Crippen LogP contribution >= 0.6 is 0 Å². The molecular weight excluding hydrogens is 1140 g/mol. The van der Waals surface area contributed by atoms with Crippen LogP contribution in [0.25, 0.3) is 21.5 Å². The number of carbonyl (C=O) groups excluding carboxylic acids is 1. The van der Waals surface area contributed by atoms with Gasteiger partial charge in [-0.1, -0.05) is 12.1 Å².